The van der Waals surface area contributed by atoms with Gasteiger partial charge in [-0.3, -0.25) is 0 Å². The number of unbranched alkanes of at least 4 members (excludes halogenated alkanes) is 13. The van der Waals surface area contributed by atoms with Gasteiger partial charge in [0.2, 0.25) is 0 Å². The first-order valence-corrected chi connectivity index (χ1v) is 9.32. The molecule has 4 nitrogen and oxygen atoms in total. The van der Waals surface area contributed by atoms with E-state index in [0.29, 0.717) is 0 Å². The second-order valence-corrected chi connectivity index (χ2v) is 5.53. The van der Waals surface area contributed by atoms with Crippen LogP contribution in [0.1, 0.15) is 104 Å². The zero-order valence-electron chi connectivity index (χ0n) is 14.4. The van der Waals surface area contributed by atoms with E-state index in [9.17, 15) is 0 Å². The second-order valence-electron chi connectivity index (χ2n) is 5.39. The highest BCUT2D eigenvalue weighted by Gasteiger charge is 1.92. The molecule has 0 bridgehead atoms. The van der Waals surface area contributed by atoms with Crippen LogP contribution in [0.4, 0.5) is 0 Å². The van der Waals surface area contributed by atoms with Gasteiger partial charge in [-0.25, -0.2) is 0 Å². The standard InChI is InChI=1S/C16H34.CO2.O2S/c1-3-5-7-9-11-13-15-16-14-12-10-8-6-4-2;2-1-3;1-3-2/h3-16H2,1-2H3;;. The Hall–Kier alpha value is -0.800. The highest BCUT2D eigenvalue weighted by atomic mass is 32.1. The summed E-state index contributed by atoms with van der Waals surface area (Å²) in [4.78, 5) is 16.2. The molecule has 0 aliphatic carbocycles. The predicted octanol–water partition coefficient (Wildman–Crippen LogP) is 5.23. The van der Waals surface area contributed by atoms with E-state index in [-0.39, 0.29) is 6.15 Å². The third kappa shape index (κ3) is 42.7. The Labute approximate surface area is 140 Å². The highest BCUT2D eigenvalue weighted by molar-refractivity contribution is 7.51. The molecule has 0 unspecified atom stereocenters. The van der Waals surface area contributed by atoms with Crippen molar-refractivity contribution in [3.8, 4) is 0 Å². The zero-order chi connectivity index (χ0) is 17.3. The van der Waals surface area contributed by atoms with Crippen molar-refractivity contribution in [1.29, 1.82) is 0 Å². The van der Waals surface area contributed by atoms with Crippen molar-refractivity contribution in [2.75, 3.05) is 0 Å². The third-order valence-electron chi connectivity index (χ3n) is 3.46. The fourth-order valence-corrected chi connectivity index (χ4v) is 2.27. The van der Waals surface area contributed by atoms with Crippen molar-refractivity contribution in [3.63, 3.8) is 0 Å². The molecule has 0 radical (unpaired) electrons. The molecule has 0 atom stereocenters. The lowest BCUT2D eigenvalue weighted by Gasteiger charge is -2.02. The molecule has 0 aliphatic rings. The van der Waals surface area contributed by atoms with Crippen molar-refractivity contribution < 1.29 is 18.0 Å². The van der Waals surface area contributed by atoms with Crippen LogP contribution in [-0.4, -0.2) is 14.6 Å². The third-order valence-corrected chi connectivity index (χ3v) is 3.46. The van der Waals surface area contributed by atoms with Crippen LogP contribution in [0.15, 0.2) is 0 Å². The molecule has 0 N–H and O–H groups in total. The lowest BCUT2D eigenvalue weighted by Crippen LogP contribution is -1.82. The summed E-state index contributed by atoms with van der Waals surface area (Å²) in [7, 11) is 0. The minimum Gasteiger partial charge on any atom is -0.186 e. The van der Waals surface area contributed by atoms with E-state index in [1.807, 2.05) is 0 Å². The first kappa shape index (κ1) is 26.1. The van der Waals surface area contributed by atoms with E-state index < -0.39 is 11.6 Å². The van der Waals surface area contributed by atoms with Crippen molar-refractivity contribution >= 4 is 17.7 Å². The molecule has 0 aliphatic heterocycles. The summed E-state index contributed by atoms with van der Waals surface area (Å²) < 4.78 is 16.6. The van der Waals surface area contributed by atoms with Crippen molar-refractivity contribution in [2.45, 2.75) is 104 Å². The predicted molar refractivity (Wildman–Crippen MR) is 89.9 cm³/mol. The van der Waals surface area contributed by atoms with E-state index in [0.717, 1.165) is 0 Å². The van der Waals surface area contributed by atoms with Crippen LogP contribution in [0.2, 0.25) is 0 Å². The second kappa shape index (κ2) is 32.2. The van der Waals surface area contributed by atoms with E-state index in [1.54, 1.807) is 0 Å². The Kier molecular flexibility index (Phi) is 38.3. The van der Waals surface area contributed by atoms with Crippen LogP contribution in [0.5, 0.6) is 0 Å². The molecule has 5 heteroatoms. The molecule has 0 spiro atoms. The van der Waals surface area contributed by atoms with E-state index >= 15 is 0 Å². The molecule has 0 saturated carbocycles. The summed E-state index contributed by atoms with van der Waals surface area (Å²) in [6, 6.07) is 0. The maximum absolute atomic E-state index is 8.29. The SMILES string of the molecule is CCCCCCCCCCCCCCCC.O=C=O.O=S=O. The monoisotopic (exact) mass is 334 g/mol. The van der Waals surface area contributed by atoms with E-state index in [1.165, 1.54) is 89.9 Å². The topological polar surface area (TPSA) is 68.3 Å². The normalized spacial score (nSPS) is 8.82. The molecule has 0 aromatic rings. The van der Waals surface area contributed by atoms with Gasteiger partial charge in [-0.1, -0.05) is 104 Å². The van der Waals surface area contributed by atoms with Crippen molar-refractivity contribution in [1.82, 2.24) is 0 Å². The first-order valence-electron chi connectivity index (χ1n) is 8.66. The Morgan fingerprint density at radius 3 is 0.818 bits per heavy atom. The molecule has 22 heavy (non-hydrogen) atoms. The average Bonchev–Trinajstić information content (AvgIpc) is 2.50. The highest BCUT2D eigenvalue weighted by Crippen LogP contribution is 2.12. The fraction of sp³-hybridized carbons (Fsp3) is 0.941. The molecule has 0 heterocycles. The maximum Gasteiger partial charge on any atom is 0.373 e. The molecule has 0 fully saturated rings. The Morgan fingerprint density at radius 1 is 0.545 bits per heavy atom. The van der Waals surface area contributed by atoms with E-state index in [2.05, 4.69) is 13.8 Å². The van der Waals surface area contributed by atoms with Crippen LogP contribution in [0.25, 0.3) is 0 Å². The van der Waals surface area contributed by atoms with Crippen LogP contribution in [0, 0.1) is 0 Å². The van der Waals surface area contributed by atoms with Crippen LogP contribution < -0.4 is 0 Å². The van der Waals surface area contributed by atoms with Crippen molar-refractivity contribution in [3.05, 3.63) is 0 Å². The summed E-state index contributed by atoms with van der Waals surface area (Å²) in [5, 5.41) is 0. The van der Waals surface area contributed by atoms with Gasteiger partial charge in [0.1, 0.15) is 0 Å². The minimum atomic E-state index is -0.750. The van der Waals surface area contributed by atoms with Gasteiger partial charge in [0, 0.05) is 0 Å². The molecule has 132 valence electrons. The molecule has 0 saturated heterocycles. The van der Waals surface area contributed by atoms with Gasteiger partial charge in [-0.2, -0.15) is 18.0 Å². The number of rotatable bonds is 13. The Morgan fingerprint density at radius 2 is 0.682 bits per heavy atom. The van der Waals surface area contributed by atoms with Crippen LogP contribution in [0.3, 0.4) is 0 Å². The van der Waals surface area contributed by atoms with Gasteiger partial charge in [-0.05, 0) is 0 Å². The molecule has 0 rings (SSSR count). The summed E-state index contributed by atoms with van der Waals surface area (Å²) >= 11 is -0.750. The molecule has 0 amide bonds. The molecule has 0 aromatic heterocycles. The van der Waals surface area contributed by atoms with Crippen molar-refractivity contribution in [2.24, 2.45) is 0 Å². The largest absolute Gasteiger partial charge is 0.373 e. The molecule has 0 aromatic carbocycles. The maximum atomic E-state index is 8.29. The van der Waals surface area contributed by atoms with Crippen LogP contribution in [-0.2, 0) is 21.2 Å². The van der Waals surface area contributed by atoms with Gasteiger partial charge >= 0.3 is 17.7 Å². The van der Waals surface area contributed by atoms with Gasteiger partial charge in [0.25, 0.3) is 0 Å². The van der Waals surface area contributed by atoms with Gasteiger partial charge in [-0.15, -0.1) is 0 Å². The summed E-state index contributed by atoms with van der Waals surface area (Å²) in [6.45, 7) is 4.58. The number of hydrogen-bond acceptors (Lipinski definition) is 4. The Bertz CT molecular complexity index is 219. The summed E-state index contributed by atoms with van der Waals surface area (Å²) in [5.41, 5.74) is 0. The lowest BCUT2D eigenvalue weighted by molar-refractivity contribution is -0.191. The summed E-state index contributed by atoms with van der Waals surface area (Å²) in [6.07, 6.45) is 20.7. The Balaban J connectivity index is -0.000000515. The van der Waals surface area contributed by atoms with Gasteiger partial charge < -0.3 is 0 Å². The molecular formula is C17H34O4S. The fourth-order valence-electron chi connectivity index (χ4n) is 2.27. The number of hydrogen-bond donors (Lipinski definition) is 0. The zero-order valence-corrected chi connectivity index (χ0v) is 15.3. The minimum absolute atomic E-state index is 0.250. The smallest absolute Gasteiger partial charge is 0.186 e. The van der Waals surface area contributed by atoms with Gasteiger partial charge in [0.05, 0.1) is 0 Å². The quantitative estimate of drug-likeness (QED) is 0.432. The molecular weight excluding hydrogens is 300 g/mol. The summed E-state index contributed by atoms with van der Waals surface area (Å²) in [5.74, 6) is 0. The van der Waals surface area contributed by atoms with E-state index in [4.69, 9.17) is 18.0 Å². The van der Waals surface area contributed by atoms with Gasteiger partial charge in [0.15, 0.2) is 0 Å². The number of carbonyl (C=O) groups excluding carboxylic acids is 2. The first-order chi connectivity index (χ1) is 10.7. The van der Waals surface area contributed by atoms with Crippen LogP contribution >= 0.6 is 0 Å². The lowest BCUT2D eigenvalue weighted by atomic mass is 10.0. The average molecular weight is 335 g/mol.